The SMILES string of the molecule is Cl.O=C(Cn1c2ccccc2c(=O)c2ccccc21)N[C@H]1CCCNC1. The second-order valence-electron chi connectivity index (χ2n) is 6.56. The Kier molecular flexibility index (Phi) is 5.59. The lowest BCUT2D eigenvalue weighted by Crippen LogP contribution is -2.46. The maximum atomic E-state index is 12.7. The van der Waals surface area contributed by atoms with E-state index < -0.39 is 0 Å². The molecule has 4 rings (SSSR count). The van der Waals surface area contributed by atoms with Crippen LogP contribution in [0.3, 0.4) is 0 Å². The summed E-state index contributed by atoms with van der Waals surface area (Å²) < 4.78 is 1.94. The minimum Gasteiger partial charge on any atom is -0.351 e. The normalized spacial score (nSPS) is 17.0. The lowest BCUT2D eigenvalue weighted by molar-refractivity contribution is -0.122. The van der Waals surface area contributed by atoms with E-state index in [1.807, 2.05) is 53.1 Å². The van der Waals surface area contributed by atoms with Crippen LogP contribution in [0.25, 0.3) is 21.8 Å². The molecule has 1 saturated heterocycles. The molecule has 1 atom stereocenters. The number of carbonyl (C=O) groups is 1. The van der Waals surface area contributed by atoms with E-state index in [-0.39, 0.29) is 36.3 Å². The van der Waals surface area contributed by atoms with Crippen molar-refractivity contribution in [3.63, 3.8) is 0 Å². The Morgan fingerprint density at radius 1 is 1.08 bits per heavy atom. The molecule has 136 valence electrons. The van der Waals surface area contributed by atoms with Crippen molar-refractivity contribution in [2.24, 2.45) is 0 Å². The number of halogens is 1. The fraction of sp³-hybridized carbons (Fsp3) is 0.300. The average Bonchev–Trinajstić information content (AvgIpc) is 2.66. The maximum Gasteiger partial charge on any atom is 0.240 e. The lowest BCUT2D eigenvalue weighted by atomic mass is 10.1. The molecule has 2 aromatic carbocycles. The molecule has 2 heterocycles. The van der Waals surface area contributed by atoms with Crippen LogP contribution in [-0.4, -0.2) is 29.6 Å². The highest BCUT2D eigenvalue weighted by molar-refractivity contribution is 5.94. The Hall–Kier alpha value is -2.37. The van der Waals surface area contributed by atoms with E-state index in [2.05, 4.69) is 10.6 Å². The summed E-state index contributed by atoms with van der Waals surface area (Å²) in [6.07, 6.45) is 2.08. The number of aromatic nitrogens is 1. The topological polar surface area (TPSA) is 63.1 Å². The summed E-state index contributed by atoms with van der Waals surface area (Å²) in [5, 5.41) is 7.71. The van der Waals surface area contributed by atoms with Crippen LogP contribution in [-0.2, 0) is 11.3 Å². The van der Waals surface area contributed by atoms with Crippen molar-refractivity contribution < 1.29 is 4.79 Å². The van der Waals surface area contributed by atoms with E-state index in [0.717, 1.165) is 37.0 Å². The Morgan fingerprint density at radius 3 is 2.27 bits per heavy atom. The van der Waals surface area contributed by atoms with Gasteiger partial charge in [0.1, 0.15) is 6.54 Å². The Morgan fingerprint density at radius 2 is 1.69 bits per heavy atom. The number of piperidine rings is 1. The monoisotopic (exact) mass is 371 g/mol. The van der Waals surface area contributed by atoms with Gasteiger partial charge in [0, 0.05) is 23.4 Å². The van der Waals surface area contributed by atoms with E-state index in [1.165, 1.54) is 0 Å². The molecule has 26 heavy (non-hydrogen) atoms. The van der Waals surface area contributed by atoms with Crippen LogP contribution in [0.5, 0.6) is 0 Å². The quantitative estimate of drug-likeness (QED) is 0.695. The standard InChI is InChI=1S/C20H21N3O2.ClH/c24-19(22-14-6-5-11-21-12-14)13-23-17-9-3-1-7-15(17)20(25)16-8-2-4-10-18(16)23;/h1-4,7-10,14,21H,5-6,11-13H2,(H,22,24);1H/t14-;/m0./s1. The number of benzene rings is 2. The molecule has 0 aliphatic carbocycles. The number of nitrogens with zero attached hydrogens (tertiary/aromatic N) is 1. The van der Waals surface area contributed by atoms with E-state index in [0.29, 0.717) is 10.8 Å². The van der Waals surface area contributed by atoms with Crippen molar-refractivity contribution in [1.29, 1.82) is 0 Å². The molecule has 0 bridgehead atoms. The number of carbonyl (C=O) groups excluding carboxylic acids is 1. The van der Waals surface area contributed by atoms with Crippen molar-refractivity contribution in [2.75, 3.05) is 13.1 Å². The second kappa shape index (κ2) is 7.89. The fourth-order valence-corrected chi connectivity index (χ4v) is 3.64. The van der Waals surface area contributed by atoms with Gasteiger partial charge in [-0.25, -0.2) is 0 Å². The highest BCUT2D eigenvalue weighted by Gasteiger charge is 2.17. The van der Waals surface area contributed by atoms with Gasteiger partial charge < -0.3 is 15.2 Å². The van der Waals surface area contributed by atoms with E-state index in [4.69, 9.17) is 0 Å². The Bertz CT molecular complexity index is 933. The molecule has 5 nitrogen and oxygen atoms in total. The van der Waals surface area contributed by atoms with Crippen LogP contribution in [0.15, 0.2) is 53.3 Å². The van der Waals surface area contributed by atoms with Gasteiger partial charge in [-0.1, -0.05) is 24.3 Å². The van der Waals surface area contributed by atoms with Crippen LogP contribution in [0, 0.1) is 0 Å². The van der Waals surface area contributed by atoms with Crippen molar-refractivity contribution in [3.05, 3.63) is 58.8 Å². The molecule has 1 amide bonds. The third-order valence-corrected chi connectivity index (χ3v) is 4.84. The molecule has 1 aliphatic rings. The molecular formula is C20H22ClN3O2. The summed E-state index contributed by atoms with van der Waals surface area (Å²) >= 11 is 0. The van der Waals surface area contributed by atoms with Crippen LogP contribution < -0.4 is 16.1 Å². The molecule has 0 radical (unpaired) electrons. The first-order valence-corrected chi connectivity index (χ1v) is 8.74. The summed E-state index contributed by atoms with van der Waals surface area (Å²) in [7, 11) is 0. The van der Waals surface area contributed by atoms with Gasteiger partial charge in [-0.05, 0) is 43.7 Å². The van der Waals surface area contributed by atoms with E-state index >= 15 is 0 Å². The zero-order valence-electron chi connectivity index (χ0n) is 14.4. The first kappa shape index (κ1) is 18.4. The smallest absolute Gasteiger partial charge is 0.240 e. The average molecular weight is 372 g/mol. The Labute approximate surface area is 157 Å². The van der Waals surface area contributed by atoms with Crippen LogP contribution in [0.4, 0.5) is 0 Å². The van der Waals surface area contributed by atoms with Gasteiger partial charge in [-0.3, -0.25) is 9.59 Å². The molecule has 2 N–H and O–H groups in total. The summed E-state index contributed by atoms with van der Waals surface area (Å²) in [6, 6.07) is 15.1. The number of fused-ring (bicyclic) bond motifs is 2. The number of nitrogens with one attached hydrogen (secondary N) is 2. The summed E-state index contributed by atoms with van der Waals surface area (Å²) in [5.74, 6) is -0.0207. The third-order valence-electron chi connectivity index (χ3n) is 4.84. The molecular weight excluding hydrogens is 350 g/mol. The second-order valence-corrected chi connectivity index (χ2v) is 6.56. The zero-order valence-corrected chi connectivity index (χ0v) is 15.2. The lowest BCUT2D eigenvalue weighted by Gasteiger charge is -2.24. The van der Waals surface area contributed by atoms with Crippen molar-refractivity contribution >= 4 is 40.1 Å². The van der Waals surface area contributed by atoms with Crippen molar-refractivity contribution in [2.45, 2.75) is 25.4 Å². The fourth-order valence-electron chi connectivity index (χ4n) is 3.64. The number of pyridine rings is 1. The van der Waals surface area contributed by atoms with Gasteiger partial charge in [-0.15, -0.1) is 12.4 Å². The van der Waals surface area contributed by atoms with E-state index in [1.54, 1.807) is 0 Å². The Balaban J connectivity index is 0.00000196. The molecule has 6 heteroatoms. The molecule has 1 aliphatic heterocycles. The minimum absolute atomic E-state index is 0. The highest BCUT2D eigenvalue weighted by atomic mass is 35.5. The van der Waals surface area contributed by atoms with Gasteiger partial charge in [0.25, 0.3) is 0 Å². The first-order valence-electron chi connectivity index (χ1n) is 8.74. The van der Waals surface area contributed by atoms with Gasteiger partial charge in [0.2, 0.25) is 5.91 Å². The number of rotatable bonds is 3. The van der Waals surface area contributed by atoms with Crippen LogP contribution >= 0.6 is 12.4 Å². The van der Waals surface area contributed by atoms with Gasteiger partial charge in [0.05, 0.1) is 11.0 Å². The van der Waals surface area contributed by atoms with Gasteiger partial charge in [0.15, 0.2) is 5.43 Å². The summed E-state index contributed by atoms with van der Waals surface area (Å²) in [5.41, 5.74) is 1.60. The molecule has 0 unspecified atom stereocenters. The number of amides is 1. The predicted octanol–water partition coefficient (Wildman–Crippen LogP) is 2.44. The first-order chi connectivity index (χ1) is 12.2. The molecule has 0 saturated carbocycles. The summed E-state index contributed by atoms with van der Waals surface area (Å²) in [6.45, 7) is 2.04. The molecule has 0 spiro atoms. The van der Waals surface area contributed by atoms with E-state index in [9.17, 15) is 9.59 Å². The largest absolute Gasteiger partial charge is 0.351 e. The molecule has 3 aromatic rings. The summed E-state index contributed by atoms with van der Waals surface area (Å²) in [4.78, 5) is 25.3. The van der Waals surface area contributed by atoms with Crippen LogP contribution in [0.2, 0.25) is 0 Å². The van der Waals surface area contributed by atoms with Gasteiger partial charge >= 0.3 is 0 Å². The maximum absolute atomic E-state index is 12.7. The zero-order chi connectivity index (χ0) is 17.2. The number of para-hydroxylation sites is 2. The van der Waals surface area contributed by atoms with Gasteiger partial charge in [-0.2, -0.15) is 0 Å². The molecule has 1 fully saturated rings. The van der Waals surface area contributed by atoms with Crippen molar-refractivity contribution in [3.8, 4) is 0 Å². The predicted molar refractivity (Wildman–Crippen MR) is 107 cm³/mol. The van der Waals surface area contributed by atoms with Crippen LogP contribution in [0.1, 0.15) is 12.8 Å². The van der Waals surface area contributed by atoms with Crippen molar-refractivity contribution in [1.82, 2.24) is 15.2 Å². The number of hydrogen-bond donors (Lipinski definition) is 2. The number of hydrogen-bond acceptors (Lipinski definition) is 3. The third kappa shape index (κ3) is 3.45. The highest BCUT2D eigenvalue weighted by Crippen LogP contribution is 2.19. The minimum atomic E-state index is -0.0207. The molecule has 1 aromatic heterocycles.